The van der Waals surface area contributed by atoms with E-state index in [0.29, 0.717) is 129 Å². The quantitative estimate of drug-likeness (QED) is 0.0315. The molecule has 4 N–H and O–H groups in total. The Kier molecular flexibility index (Phi) is 36.5. The number of aliphatic hydroxyl groups is 3. The minimum absolute atomic E-state index is 0.00568. The Morgan fingerprint density at radius 1 is 0.710 bits per heavy atom. The van der Waals surface area contributed by atoms with E-state index in [4.69, 9.17) is 52.1 Å². The number of amides is 2. The summed E-state index contributed by atoms with van der Waals surface area (Å²) < 4.78 is 64.1. The van der Waals surface area contributed by atoms with Gasteiger partial charge in [0.1, 0.15) is 30.5 Å². The highest BCUT2D eigenvalue weighted by Crippen LogP contribution is 2.38. The number of ether oxygens (including phenoxy) is 11. The van der Waals surface area contributed by atoms with Crippen LogP contribution in [0.1, 0.15) is 132 Å². The molecule has 1 aliphatic carbocycles. The summed E-state index contributed by atoms with van der Waals surface area (Å²) in [5, 5.41) is 38.6. The molecule has 0 radical (unpaired) electrons. The van der Waals surface area contributed by atoms with Crippen LogP contribution >= 0.6 is 0 Å². The largest absolute Gasteiger partial charge is 0.460 e. The molecule has 16 atom stereocenters. The van der Waals surface area contributed by atoms with Gasteiger partial charge in [0.15, 0.2) is 5.78 Å². The molecular weight excluding hydrogens is 1200 g/mol. The number of allylic oxidation sites excluding steroid dienone is 5. The standard InChI is InChI=1S/C70H118N4O19/c1-12-86-36-37-90-41-40-89-35-32-73-29-27-72(28-30-73)31-34-88-39-38-87-33-25-71-69(81)92-59-24-22-55(45-62(59)84-10)44-51(5)61-47-58(75)50(4)43-53(7)64(77)65(85-11)63(76)52(6)42-48(2)18-14-13-15-19-49(3)60(83-9)46-56-23-21-54(8)70(82,93-56)66(78)67(79)74-26-17-16-20-57(74)68(80)91-61/h13-15,18-19,43,48,50-52,54-62,64-65,75,77,82H,12,16-17,20-42,44-47H2,1-11H3,(H,71,81)/b15-13+,18-14+,49-19+,53-43+/t48-,50-,51-,52-,54-,55+,56+,57+,58-,59-,60+,61+,62-,64-,65+,70-/m1/s1. The molecule has 4 aliphatic heterocycles. The molecule has 532 valence electrons. The summed E-state index contributed by atoms with van der Waals surface area (Å²) in [6.07, 6.45) is 9.41. The van der Waals surface area contributed by atoms with Crippen LogP contribution in [-0.4, -0.2) is 260 Å². The number of nitrogens with zero attached hydrogens (tertiary/aromatic N) is 3. The van der Waals surface area contributed by atoms with E-state index in [1.54, 1.807) is 41.1 Å². The van der Waals surface area contributed by atoms with Crippen molar-refractivity contribution in [3.05, 3.63) is 47.6 Å². The number of rotatable bonds is 26. The number of carbonyl (C=O) groups excluding carboxylic acids is 5. The number of carbonyl (C=O) groups is 5. The van der Waals surface area contributed by atoms with E-state index in [9.17, 15) is 39.3 Å². The first-order chi connectivity index (χ1) is 44.6. The number of hydrogen-bond acceptors (Lipinski definition) is 21. The van der Waals surface area contributed by atoms with Gasteiger partial charge < -0.3 is 77.6 Å². The molecule has 5 rings (SSSR count). The fourth-order valence-electron chi connectivity index (χ4n) is 13.3. The van der Waals surface area contributed by atoms with E-state index in [1.807, 2.05) is 65.0 Å². The second kappa shape index (κ2) is 42.6. The topological polar surface area (TPSA) is 269 Å². The van der Waals surface area contributed by atoms with Crippen LogP contribution in [-0.2, 0) is 71.3 Å². The number of Topliss-reactive ketones (excluding diaryl/α,β-unsaturated/α-hetero) is 2. The SMILES string of the molecule is CCOCCOCCOCCN1CCN(CCOCCOCCNC(=O)O[C@@H]2CC[C@@H](C[C@@H](C)[C@@H]3C[C@@H](O)[C@H](C)/C=C(\C)[C@@H](O)[C@@H](OC)C(=O)[C@H](C)C[C@H](C)/C=C/C=C/C=C(\C)[C@@H](OC)C[C@@H]4CC[C@@H](C)[C@@](O)(O4)C(=O)C(=O)N4CCCC[C@H]4C(=O)O3)C[C@H]2OC)CC1. The zero-order chi connectivity index (χ0) is 67.9. The first-order valence-electron chi connectivity index (χ1n) is 34.6. The molecule has 2 bridgehead atoms. The highest BCUT2D eigenvalue weighted by atomic mass is 16.6. The minimum Gasteiger partial charge on any atom is -0.460 e. The van der Waals surface area contributed by atoms with Crippen LogP contribution in [0, 0.1) is 35.5 Å². The van der Waals surface area contributed by atoms with E-state index < -0.39 is 102 Å². The summed E-state index contributed by atoms with van der Waals surface area (Å²) in [5.74, 6) is -7.73. The Bertz CT molecular complexity index is 2350. The number of aliphatic hydroxyl groups excluding tert-OH is 2. The molecule has 93 heavy (non-hydrogen) atoms. The Morgan fingerprint density at radius 3 is 1.99 bits per heavy atom. The summed E-state index contributed by atoms with van der Waals surface area (Å²) in [4.78, 5) is 76.6. The first kappa shape index (κ1) is 79.6. The van der Waals surface area contributed by atoms with Crippen molar-refractivity contribution in [3.63, 3.8) is 0 Å². The average Bonchev–Trinajstić information content (AvgIpc) is 0.783. The lowest BCUT2D eigenvalue weighted by atomic mass is 9.78. The van der Waals surface area contributed by atoms with Gasteiger partial charge in [-0.05, 0) is 114 Å². The molecule has 4 heterocycles. The van der Waals surface area contributed by atoms with Gasteiger partial charge in [-0.25, -0.2) is 9.59 Å². The second-order valence-corrected chi connectivity index (χ2v) is 26.4. The van der Waals surface area contributed by atoms with Crippen molar-refractivity contribution < 1.29 is 91.4 Å². The molecule has 0 spiro atoms. The third-order valence-electron chi connectivity index (χ3n) is 19.3. The normalized spacial score (nSPS) is 33.9. The predicted molar refractivity (Wildman–Crippen MR) is 351 cm³/mol. The average molecular weight is 1320 g/mol. The fraction of sp³-hybridized carbons (Fsp3) is 0.814. The van der Waals surface area contributed by atoms with Crippen LogP contribution in [0.4, 0.5) is 4.79 Å². The smallest absolute Gasteiger partial charge is 0.407 e. The van der Waals surface area contributed by atoms with Crippen LogP contribution in [0.15, 0.2) is 47.6 Å². The summed E-state index contributed by atoms with van der Waals surface area (Å²) in [7, 11) is 4.55. The van der Waals surface area contributed by atoms with Gasteiger partial charge in [0.05, 0.1) is 83.9 Å². The number of ketones is 2. The molecule has 0 aromatic rings. The lowest BCUT2D eigenvalue weighted by molar-refractivity contribution is -0.265. The summed E-state index contributed by atoms with van der Waals surface area (Å²) >= 11 is 0. The molecule has 23 heteroatoms. The Hall–Kier alpha value is -4.05. The summed E-state index contributed by atoms with van der Waals surface area (Å²) in [5.41, 5.74) is 1.30. The number of esters is 1. The van der Waals surface area contributed by atoms with Crippen LogP contribution in [0.3, 0.4) is 0 Å². The van der Waals surface area contributed by atoms with Crippen LogP contribution in [0.5, 0.6) is 0 Å². The van der Waals surface area contributed by atoms with Crippen molar-refractivity contribution >= 4 is 29.5 Å². The Labute approximate surface area is 554 Å². The van der Waals surface area contributed by atoms with Crippen molar-refractivity contribution in [2.45, 2.75) is 193 Å². The zero-order valence-electron chi connectivity index (χ0n) is 58.1. The summed E-state index contributed by atoms with van der Waals surface area (Å²) in [6, 6.07) is -1.16. The molecule has 0 unspecified atom stereocenters. The van der Waals surface area contributed by atoms with Gasteiger partial charge in [0.25, 0.3) is 11.7 Å². The van der Waals surface area contributed by atoms with E-state index in [0.717, 1.165) is 44.8 Å². The van der Waals surface area contributed by atoms with E-state index >= 15 is 0 Å². The third-order valence-corrected chi connectivity index (χ3v) is 19.3. The number of nitrogens with one attached hydrogen (secondary N) is 1. The lowest BCUT2D eigenvalue weighted by Crippen LogP contribution is -2.61. The maximum Gasteiger partial charge on any atom is 0.407 e. The Balaban J connectivity index is 1.18. The van der Waals surface area contributed by atoms with Gasteiger partial charge in [-0.1, -0.05) is 71.1 Å². The van der Waals surface area contributed by atoms with Gasteiger partial charge in [-0.2, -0.15) is 0 Å². The van der Waals surface area contributed by atoms with E-state index in [2.05, 4.69) is 15.1 Å². The lowest BCUT2D eigenvalue weighted by Gasteiger charge is -2.43. The number of piperidine rings is 1. The van der Waals surface area contributed by atoms with Gasteiger partial charge in [-0.15, -0.1) is 0 Å². The van der Waals surface area contributed by atoms with E-state index in [1.165, 1.54) is 12.0 Å². The molecular formula is C70H118N4O19. The second-order valence-electron chi connectivity index (χ2n) is 26.4. The maximum atomic E-state index is 14.7. The molecule has 0 aromatic carbocycles. The molecule has 2 amide bonds. The number of piperazine rings is 1. The molecule has 5 aliphatic rings. The van der Waals surface area contributed by atoms with Crippen LogP contribution in [0.2, 0.25) is 0 Å². The van der Waals surface area contributed by atoms with Crippen molar-refractivity contribution in [3.8, 4) is 0 Å². The molecule has 23 nitrogen and oxygen atoms in total. The number of alkyl carbamates (subject to hydrolysis) is 1. The van der Waals surface area contributed by atoms with Crippen LogP contribution in [0.25, 0.3) is 0 Å². The van der Waals surface area contributed by atoms with Gasteiger partial charge in [0.2, 0.25) is 5.79 Å². The highest BCUT2D eigenvalue weighted by molar-refractivity contribution is 6.39. The van der Waals surface area contributed by atoms with Gasteiger partial charge in [-0.3, -0.25) is 24.2 Å². The van der Waals surface area contributed by atoms with Gasteiger partial charge >= 0.3 is 12.1 Å². The van der Waals surface area contributed by atoms with E-state index in [-0.39, 0.29) is 56.1 Å². The predicted octanol–water partition coefficient (Wildman–Crippen LogP) is 6.43. The van der Waals surface area contributed by atoms with Crippen molar-refractivity contribution in [2.75, 3.05) is 140 Å². The third kappa shape index (κ3) is 26.4. The van der Waals surface area contributed by atoms with Crippen molar-refractivity contribution in [1.82, 2.24) is 20.0 Å². The first-order valence-corrected chi connectivity index (χ1v) is 34.6. The molecule has 4 fully saturated rings. The number of methoxy groups -OCH3 is 3. The number of hydrogen-bond donors (Lipinski definition) is 4. The van der Waals surface area contributed by atoms with Crippen LogP contribution < -0.4 is 5.32 Å². The van der Waals surface area contributed by atoms with Crippen molar-refractivity contribution in [2.24, 2.45) is 35.5 Å². The van der Waals surface area contributed by atoms with Gasteiger partial charge in [0, 0.05) is 111 Å². The molecule has 1 saturated carbocycles. The Morgan fingerprint density at radius 2 is 1.35 bits per heavy atom. The monoisotopic (exact) mass is 1320 g/mol. The maximum absolute atomic E-state index is 14.7. The summed E-state index contributed by atoms with van der Waals surface area (Å²) in [6.45, 7) is 26.3. The number of cyclic esters (lactones) is 1. The fourth-order valence-corrected chi connectivity index (χ4v) is 13.3. The number of fused-ring (bicyclic) bond motifs is 3. The zero-order valence-corrected chi connectivity index (χ0v) is 58.1. The molecule has 0 aromatic heterocycles. The highest BCUT2D eigenvalue weighted by Gasteiger charge is 2.53. The minimum atomic E-state index is -2.46. The van der Waals surface area contributed by atoms with Crippen molar-refractivity contribution in [1.29, 1.82) is 0 Å². The molecule has 3 saturated heterocycles.